The van der Waals surface area contributed by atoms with Crippen LogP contribution in [0.5, 0.6) is 0 Å². The molecule has 0 saturated heterocycles. The van der Waals surface area contributed by atoms with Crippen molar-refractivity contribution in [1.29, 1.82) is 0 Å². The third kappa shape index (κ3) is 2.54. The molecular weight excluding hydrogens is 311 g/mol. The Morgan fingerprint density at radius 2 is 1.54 bits per heavy atom. The second-order valence-corrected chi connectivity index (χ2v) is 5.18. The molecule has 0 spiro atoms. The number of esters is 1. The van der Waals surface area contributed by atoms with Gasteiger partial charge in [-0.2, -0.15) is 0 Å². The van der Waals surface area contributed by atoms with Crippen molar-refractivity contribution in [1.82, 2.24) is 0 Å². The van der Waals surface area contributed by atoms with Crippen LogP contribution < -0.4 is 0 Å². The van der Waals surface area contributed by atoms with Crippen LogP contribution in [0.25, 0.3) is 5.57 Å². The molecule has 1 aliphatic carbocycles. The van der Waals surface area contributed by atoms with Gasteiger partial charge in [0.05, 0.1) is 6.61 Å². The van der Waals surface area contributed by atoms with E-state index in [1.54, 1.807) is 19.1 Å². The maximum atomic E-state index is 13.2. The van der Waals surface area contributed by atoms with Crippen molar-refractivity contribution in [2.45, 2.75) is 6.92 Å². The van der Waals surface area contributed by atoms with Crippen LogP contribution in [0.15, 0.2) is 54.1 Å². The minimum atomic E-state index is -0.857. The number of hydrogen-bond donors (Lipinski definition) is 0. The van der Waals surface area contributed by atoms with E-state index in [0.717, 1.165) is 0 Å². The number of rotatable bonds is 3. The van der Waals surface area contributed by atoms with Crippen molar-refractivity contribution in [3.05, 3.63) is 76.6 Å². The van der Waals surface area contributed by atoms with Crippen LogP contribution in [0.3, 0.4) is 0 Å². The number of hydrogen-bond acceptors (Lipinski definition) is 4. The summed E-state index contributed by atoms with van der Waals surface area (Å²) in [5.41, 5.74) is 0.308. The molecule has 120 valence electrons. The molecule has 0 amide bonds. The van der Waals surface area contributed by atoms with E-state index in [1.807, 2.05) is 0 Å². The molecule has 0 aromatic heterocycles. The fourth-order valence-electron chi connectivity index (χ4n) is 2.67. The number of carbonyl (C=O) groups excluding carboxylic acids is 3. The molecule has 0 atom stereocenters. The number of ketones is 2. The molecule has 24 heavy (non-hydrogen) atoms. The zero-order valence-electron chi connectivity index (χ0n) is 12.8. The minimum absolute atomic E-state index is 0.0582. The number of Topliss-reactive ketones (excluding diaryl/α,β-unsaturated/α-hetero) is 2. The molecule has 0 radical (unpaired) electrons. The second kappa shape index (κ2) is 6.20. The Morgan fingerprint density at radius 3 is 2.12 bits per heavy atom. The molecule has 0 aliphatic heterocycles. The molecule has 3 rings (SSSR count). The van der Waals surface area contributed by atoms with Crippen LogP contribution in [0.1, 0.15) is 33.2 Å². The smallest absolute Gasteiger partial charge is 0.342 e. The quantitative estimate of drug-likeness (QED) is 0.642. The van der Waals surface area contributed by atoms with Gasteiger partial charge in [-0.25, -0.2) is 9.18 Å². The molecule has 1 aliphatic rings. The summed E-state index contributed by atoms with van der Waals surface area (Å²) in [4.78, 5) is 37.9. The van der Waals surface area contributed by atoms with Gasteiger partial charge in [0.15, 0.2) is 5.78 Å². The number of allylic oxidation sites excluding steroid dienone is 1. The normalized spacial score (nSPS) is 13.8. The van der Waals surface area contributed by atoms with Gasteiger partial charge in [-0.15, -0.1) is 0 Å². The van der Waals surface area contributed by atoms with Gasteiger partial charge >= 0.3 is 5.97 Å². The van der Waals surface area contributed by atoms with Gasteiger partial charge < -0.3 is 4.74 Å². The van der Waals surface area contributed by atoms with E-state index in [-0.39, 0.29) is 28.9 Å². The SMILES string of the molecule is CCOC(=O)C1=C(c2ccc(F)cc2)C(=O)c2ccccc2C1=O. The van der Waals surface area contributed by atoms with Crippen molar-refractivity contribution in [3.63, 3.8) is 0 Å². The molecule has 0 fully saturated rings. The van der Waals surface area contributed by atoms with Gasteiger partial charge in [-0.1, -0.05) is 36.4 Å². The Balaban J connectivity index is 2.27. The summed E-state index contributed by atoms with van der Waals surface area (Å²) < 4.78 is 18.1. The van der Waals surface area contributed by atoms with Gasteiger partial charge in [0.25, 0.3) is 0 Å². The molecule has 0 bridgehead atoms. The van der Waals surface area contributed by atoms with Crippen molar-refractivity contribution in [2.24, 2.45) is 0 Å². The molecule has 2 aromatic rings. The molecular formula is C19H13FO4. The summed E-state index contributed by atoms with van der Waals surface area (Å²) in [7, 11) is 0. The highest BCUT2D eigenvalue weighted by Crippen LogP contribution is 2.33. The lowest BCUT2D eigenvalue weighted by atomic mass is 9.81. The second-order valence-electron chi connectivity index (χ2n) is 5.18. The molecule has 0 saturated carbocycles. The maximum absolute atomic E-state index is 13.2. The van der Waals surface area contributed by atoms with Crippen molar-refractivity contribution in [3.8, 4) is 0 Å². The van der Waals surface area contributed by atoms with E-state index in [1.165, 1.54) is 36.4 Å². The summed E-state index contributed by atoms with van der Waals surface area (Å²) >= 11 is 0. The zero-order chi connectivity index (χ0) is 17.3. The largest absolute Gasteiger partial charge is 0.462 e. The van der Waals surface area contributed by atoms with Crippen LogP contribution in [-0.2, 0) is 9.53 Å². The van der Waals surface area contributed by atoms with Crippen molar-refractivity contribution in [2.75, 3.05) is 6.61 Å². The highest BCUT2D eigenvalue weighted by atomic mass is 19.1. The summed E-state index contributed by atoms with van der Waals surface area (Å²) in [5, 5.41) is 0. The average Bonchev–Trinajstić information content (AvgIpc) is 2.59. The first-order valence-electron chi connectivity index (χ1n) is 7.40. The Labute approximate surface area is 137 Å². The summed E-state index contributed by atoms with van der Waals surface area (Å²) in [6.07, 6.45) is 0. The predicted octanol–water partition coefficient (Wildman–Crippen LogP) is 3.22. The van der Waals surface area contributed by atoms with Crippen molar-refractivity contribution >= 4 is 23.1 Å². The minimum Gasteiger partial charge on any atom is -0.462 e. The zero-order valence-corrected chi connectivity index (χ0v) is 12.8. The van der Waals surface area contributed by atoms with Crippen LogP contribution in [0.2, 0.25) is 0 Å². The topological polar surface area (TPSA) is 60.4 Å². The molecule has 0 heterocycles. The first-order valence-corrected chi connectivity index (χ1v) is 7.40. The lowest BCUT2D eigenvalue weighted by Gasteiger charge is -2.20. The van der Waals surface area contributed by atoms with Gasteiger partial charge in [0.2, 0.25) is 5.78 Å². The fourth-order valence-corrected chi connectivity index (χ4v) is 2.67. The summed E-state index contributed by atoms with van der Waals surface area (Å²) in [5.74, 6) is -2.36. The van der Waals surface area contributed by atoms with E-state index >= 15 is 0 Å². The maximum Gasteiger partial charge on any atom is 0.342 e. The Kier molecular flexibility index (Phi) is 4.08. The number of fused-ring (bicyclic) bond motifs is 1. The molecule has 0 unspecified atom stereocenters. The standard InChI is InChI=1S/C19H13FO4/c1-2-24-19(23)16-15(11-7-9-12(20)10-8-11)17(21)13-5-3-4-6-14(13)18(16)22/h3-10H,2H2,1H3. The van der Waals surface area contributed by atoms with E-state index < -0.39 is 23.4 Å². The van der Waals surface area contributed by atoms with Gasteiger partial charge in [-0.3, -0.25) is 9.59 Å². The first kappa shape index (κ1) is 15.8. The highest BCUT2D eigenvalue weighted by molar-refractivity contribution is 6.46. The number of halogens is 1. The number of carbonyl (C=O) groups is 3. The Hall–Kier alpha value is -3.08. The van der Waals surface area contributed by atoms with Gasteiger partial charge in [0.1, 0.15) is 11.4 Å². The van der Waals surface area contributed by atoms with E-state index in [9.17, 15) is 18.8 Å². The summed E-state index contributed by atoms with van der Waals surface area (Å²) in [6.45, 7) is 1.68. The van der Waals surface area contributed by atoms with E-state index in [0.29, 0.717) is 5.56 Å². The highest BCUT2D eigenvalue weighted by Gasteiger charge is 2.37. The van der Waals surface area contributed by atoms with Crippen LogP contribution in [0, 0.1) is 5.82 Å². The van der Waals surface area contributed by atoms with Crippen LogP contribution >= 0.6 is 0 Å². The Morgan fingerprint density at radius 1 is 0.958 bits per heavy atom. The van der Waals surface area contributed by atoms with E-state index in [4.69, 9.17) is 4.74 Å². The Bertz CT molecular complexity index is 878. The van der Waals surface area contributed by atoms with Crippen LogP contribution in [0.4, 0.5) is 4.39 Å². The fraction of sp³-hybridized carbons (Fsp3) is 0.105. The lowest BCUT2D eigenvalue weighted by molar-refractivity contribution is -0.138. The number of ether oxygens (including phenoxy) is 1. The third-order valence-electron chi connectivity index (χ3n) is 3.73. The van der Waals surface area contributed by atoms with Crippen LogP contribution in [-0.4, -0.2) is 24.1 Å². The first-order chi connectivity index (χ1) is 11.5. The summed E-state index contributed by atoms with van der Waals surface area (Å²) in [6, 6.07) is 11.4. The van der Waals surface area contributed by atoms with Gasteiger partial charge in [-0.05, 0) is 24.6 Å². The lowest BCUT2D eigenvalue weighted by Crippen LogP contribution is -2.27. The predicted molar refractivity (Wildman–Crippen MR) is 85.1 cm³/mol. The molecule has 4 nitrogen and oxygen atoms in total. The molecule has 2 aromatic carbocycles. The number of benzene rings is 2. The van der Waals surface area contributed by atoms with Gasteiger partial charge in [0, 0.05) is 16.7 Å². The molecule has 5 heteroatoms. The van der Waals surface area contributed by atoms with Crippen molar-refractivity contribution < 1.29 is 23.5 Å². The van der Waals surface area contributed by atoms with E-state index in [2.05, 4.69) is 0 Å². The third-order valence-corrected chi connectivity index (χ3v) is 3.73. The molecule has 0 N–H and O–H groups in total. The monoisotopic (exact) mass is 324 g/mol. The average molecular weight is 324 g/mol.